The first-order chi connectivity index (χ1) is 13.1. The summed E-state index contributed by atoms with van der Waals surface area (Å²) in [4.78, 5) is 11.2. The summed E-state index contributed by atoms with van der Waals surface area (Å²) < 4.78 is 0. The quantitative estimate of drug-likeness (QED) is 0.425. The topological polar surface area (TPSA) is 37.3 Å². The van der Waals surface area contributed by atoms with Gasteiger partial charge in [0, 0.05) is 0 Å². The highest BCUT2D eigenvalue weighted by atomic mass is 16.4. The van der Waals surface area contributed by atoms with Gasteiger partial charge in [-0.2, -0.15) is 0 Å². The van der Waals surface area contributed by atoms with E-state index in [0.717, 1.165) is 23.1 Å². The Bertz CT molecular complexity index is 966. The first-order valence-electron chi connectivity index (χ1n) is 8.98. The summed E-state index contributed by atoms with van der Waals surface area (Å²) in [6.45, 7) is 5.80. The van der Waals surface area contributed by atoms with Crippen molar-refractivity contribution >= 4 is 22.7 Å². The molecular formula is C25H22O2. The maximum Gasteiger partial charge on any atom is 0.335 e. The highest BCUT2D eigenvalue weighted by Gasteiger charge is 2.14. The molecule has 0 radical (unpaired) electrons. The Morgan fingerprint density at radius 1 is 0.741 bits per heavy atom. The van der Waals surface area contributed by atoms with Gasteiger partial charge in [-0.05, 0) is 39.8 Å². The third-order valence-electron chi connectivity index (χ3n) is 4.62. The smallest absolute Gasteiger partial charge is 0.335 e. The molecule has 2 nitrogen and oxygen atoms in total. The van der Waals surface area contributed by atoms with Gasteiger partial charge in [0.15, 0.2) is 0 Å². The highest BCUT2D eigenvalue weighted by molar-refractivity contribution is 6.14. The Hall–Kier alpha value is -3.39. The van der Waals surface area contributed by atoms with Crippen LogP contribution < -0.4 is 0 Å². The van der Waals surface area contributed by atoms with Crippen LogP contribution in [0.15, 0.2) is 91.5 Å². The van der Waals surface area contributed by atoms with Crippen LogP contribution >= 0.6 is 0 Å². The number of allylic oxidation sites excluding steroid dienone is 1. The lowest BCUT2D eigenvalue weighted by atomic mass is 9.87. The molecule has 0 aliphatic heterocycles. The van der Waals surface area contributed by atoms with Gasteiger partial charge in [-0.15, -0.1) is 0 Å². The lowest BCUT2D eigenvalue weighted by Gasteiger charge is -2.16. The van der Waals surface area contributed by atoms with Gasteiger partial charge in [0.1, 0.15) is 0 Å². The van der Waals surface area contributed by atoms with Crippen molar-refractivity contribution in [1.82, 2.24) is 0 Å². The summed E-state index contributed by atoms with van der Waals surface area (Å²) >= 11 is 0. The molecule has 0 amide bonds. The van der Waals surface area contributed by atoms with Crippen LogP contribution in [0.1, 0.15) is 35.6 Å². The molecule has 3 rings (SSSR count). The predicted octanol–water partition coefficient (Wildman–Crippen LogP) is 6.15. The molecule has 0 fully saturated rings. The second kappa shape index (κ2) is 8.33. The van der Waals surface area contributed by atoms with Crippen molar-refractivity contribution in [2.75, 3.05) is 0 Å². The molecule has 27 heavy (non-hydrogen) atoms. The van der Waals surface area contributed by atoms with Crippen LogP contribution in [0.25, 0.3) is 16.7 Å². The highest BCUT2D eigenvalue weighted by Crippen LogP contribution is 2.34. The van der Waals surface area contributed by atoms with Crippen LogP contribution in [-0.4, -0.2) is 11.1 Å². The van der Waals surface area contributed by atoms with E-state index in [1.807, 2.05) is 60.7 Å². The van der Waals surface area contributed by atoms with Gasteiger partial charge in [0.05, 0.1) is 5.57 Å². The lowest BCUT2D eigenvalue weighted by molar-refractivity contribution is -0.130. The zero-order valence-electron chi connectivity index (χ0n) is 15.4. The molecule has 0 aliphatic rings. The van der Waals surface area contributed by atoms with Gasteiger partial charge in [-0.25, -0.2) is 4.79 Å². The Balaban J connectivity index is 2.18. The SMILES string of the molecule is C=C(C(=O)O)c1ccc(/C(=C(/CC)c2ccccc2)c2ccccc2)cc1. The molecular weight excluding hydrogens is 332 g/mol. The molecule has 0 atom stereocenters. The van der Waals surface area contributed by atoms with Gasteiger partial charge in [-0.3, -0.25) is 0 Å². The van der Waals surface area contributed by atoms with Gasteiger partial charge in [-0.1, -0.05) is 98.4 Å². The summed E-state index contributed by atoms with van der Waals surface area (Å²) in [5, 5.41) is 9.16. The van der Waals surface area contributed by atoms with E-state index in [2.05, 4.69) is 37.8 Å². The monoisotopic (exact) mass is 354 g/mol. The number of hydrogen-bond acceptors (Lipinski definition) is 1. The number of rotatable bonds is 6. The normalized spacial score (nSPS) is 11.6. The molecule has 1 N–H and O–H groups in total. The molecule has 0 aliphatic carbocycles. The molecule has 0 bridgehead atoms. The Morgan fingerprint density at radius 2 is 1.19 bits per heavy atom. The van der Waals surface area contributed by atoms with Gasteiger partial charge in [0.25, 0.3) is 0 Å². The van der Waals surface area contributed by atoms with Crippen LogP contribution in [0.4, 0.5) is 0 Å². The molecule has 134 valence electrons. The molecule has 0 saturated heterocycles. The van der Waals surface area contributed by atoms with Crippen LogP contribution in [0.5, 0.6) is 0 Å². The number of carboxylic acid groups (broad SMARTS) is 1. The Morgan fingerprint density at radius 3 is 1.67 bits per heavy atom. The standard InChI is InChI=1S/C25H22O2/c1-3-23(20-10-6-4-7-11-20)24(21-12-8-5-9-13-21)22-16-14-19(15-17-22)18(2)25(26)27/h4-17H,2-3H2,1H3,(H,26,27)/b24-23-. The van der Waals surface area contributed by atoms with Crippen molar-refractivity contribution in [2.45, 2.75) is 13.3 Å². The zero-order chi connectivity index (χ0) is 19.2. The minimum Gasteiger partial charge on any atom is -0.478 e. The zero-order valence-corrected chi connectivity index (χ0v) is 15.4. The van der Waals surface area contributed by atoms with E-state index in [1.54, 1.807) is 0 Å². The average molecular weight is 354 g/mol. The van der Waals surface area contributed by atoms with Crippen LogP contribution in [-0.2, 0) is 4.79 Å². The van der Waals surface area contributed by atoms with Gasteiger partial charge in [0.2, 0.25) is 0 Å². The van der Waals surface area contributed by atoms with E-state index >= 15 is 0 Å². The summed E-state index contributed by atoms with van der Waals surface area (Å²) in [6, 6.07) is 28.3. The Kier molecular flexibility index (Phi) is 5.68. The number of benzene rings is 3. The van der Waals surface area contributed by atoms with Gasteiger partial charge < -0.3 is 5.11 Å². The van der Waals surface area contributed by atoms with Crippen LogP contribution in [0.2, 0.25) is 0 Å². The van der Waals surface area contributed by atoms with Crippen molar-refractivity contribution in [3.63, 3.8) is 0 Å². The maximum atomic E-state index is 11.2. The van der Waals surface area contributed by atoms with E-state index in [0.29, 0.717) is 5.56 Å². The van der Waals surface area contributed by atoms with Crippen LogP contribution in [0.3, 0.4) is 0 Å². The second-order valence-electron chi connectivity index (χ2n) is 6.30. The molecule has 0 saturated carbocycles. The van der Waals surface area contributed by atoms with E-state index in [1.165, 1.54) is 11.1 Å². The number of carbonyl (C=O) groups is 1. The summed E-state index contributed by atoms with van der Waals surface area (Å²) in [6.07, 6.45) is 0.887. The fourth-order valence-corrected chi connectivity index (χ4v) is 3.25. The van der Waals surface area contributed by atoms with E-state index < -0.39 is 5.97 Å². The lowest BCUT2D eigenvalue weighted by Crippen LogP contribution is -1.99. The van der Waals surface area contributed by atoms with E-state index in [-0.39, 0.29) is 5.57 Å². The first-order valence-corrected chi connectivity index (χ1v) is 8.98. The maximum absolute atomic E-state index is 11.2. The molecule has 0 spiro atoms. The van der Waals surface area contributed by atoms with Crippen molar-refractivity contribution < 1.29 is 9.90 Å². The second-order valence-corrected chi connectivity index (χ2v) is 6.30. The van der Waals surface area contributed by atoms with Crippen LogP contribution in [0, 0.1) is 0 Å². The molecule has 0 unspecified atom stereocenters. The van der Waals surface area contributed by atoms with Crippen molar-refractivity contribution in [3.8, 4) is 0 Å². The minimum absolute atomic E-state index is 0.102. The first kappa shape index (κ1) is 18.4. The van der Waals surface area contributed by atoms with Crippen molar-refractivity contribution in [3.05, 3.63) is 114 Å². The predicted molar refractivity (Wildman–Crippen MR) is 112 cm³/mol. The largest absolute Gasteiger partial charge is 0.478 e. The summed E-state index contributed by atoms with van der Waals surface area (Å²) in [5.74, 6) is -1.000. The summed E-state index contributed by atoms with van der Waals surface area (Å²) in [5.41, 5.74) is 6.54. The molecule has 2 heteroatoms. The Labute approximate surface area is 160 Å². The number of hydrogen-bond donors (Lipinski definition) is 1. The van der Waals surface area contributed by atoms with Gasteiger partial charge >= 0.3 is 5.97 Å². The summed E-state index contributed by atoms with van der Waals surface area (Å²) in [7, 11) is 0. The third-order valence-corrected chi connectivity index (χ3v) is 4.62. The minimum atomic E-state index is -1.000. The fourth-order valence-electron chi connectivity index (χ4n) is 3.25. The number of carboxylic acids is 1. The van der Waals surface area contributed by atoms with E-state index in [9.17, 15) is 4.79 Å². The molecule has 0 heterocycles. The average Bonchev–Trinajstić information content (AvgIpc) is 2.72. The third kappa shape index (κ3) is 4.06. The molecule has 3 aromatic rings. The fraction of sp³-hybridized carbons (Fsp3) is 0.0800. The van der Waals surface area contributed by atoms with E-state index in [4.69, 9.17) is 5.11 Å². The van der Waals surface area contributed by atoms with Crippen molar-refractivity contribution in [2.24, 2.45) is 0 Å². The number of aliphatic carboxylic acids is 1. The molecule has 3 aromatic carbocycles. The van der Waals surface area contributed by atoms with Crippen molar-refractivity contribution in [1.29, 1.82) is 0 Å². The molecule has 0 aromatic heterocycles.